The molecular weight excluding hydrogens is 412 g/mol. The number of nitrogens with one attached hydrogen (secondary N) is 1. The zero-order valence-electron chi connectivity index (χ0n) is 16.9. The van der Waals surface area contributed by atoms with Crippen LogP contribution in [0.25, 0.3) is 10.9 Å². The monoisotopic (exact) mass is 434 g/mol. The maximum atomic E-state index is 13.2. The fourth-order valence-corrected chi connectivity index (χ4v) is 4.40. The van der Waals surface area contributed by atoms with Crippen molar-refractivity contribution in [2.75, 3.05) is 11.1 Å². The summed E-state index contributed by atoms with van der Waals surface area (Å²) in [7, 11) is -3.47. The first-order valence-corrected chi connectivity index (χ1v) is 11.5. The summed E-state index contributed by atoms with van der Waals surface area (Å²) in [5, 5.41) is 13.8. The van der Waals surface area contributed by atoms with Crippen LogP contribution in [0.15, 0.2) is 83.8 Å². The molecule has 3 aromatic carbocycles. The number of phenols is 1. The molecule has 7 heteroatoms. The maximum absolute atomic E-state index is 13.2. The van der Waals surface area contributed by atoms with E-state index in [0.717, 1.165) is 16.5 Å². The van der Waals surface area contributed by atoms with Crippen LogP contribution in [0.2, 0.25) is 0 Å². The van der Waals surface area contributed by atoms with Gasteiger partial charge in [-0.15, -0.1) is 0 Å². The summed E-state index contributed by atoms with van der Waals surface area (Å²) in [5.41, 5.74) is 2.41. The third-order valence-electron chi connectivity index (χ3n) is 5.18. The number of carbonyl (C=O) groups excluding carboxylic acids is 1. The molecular formula is C24H22N2O4S. The molecule has 4 rings (SSSR count). The van der Waals surface area contributed by atoms with E-state index in [1.807, 2.05) is 59.2 Å². The van der Waals surface area contributed by atoms with Gasteiger partial charge in [0.05, 0.1) is 16.3 Å². The predicted molar refractivity (Wildman–Crippen MR) is 121 cm³/mol. The fourth-order valence-electron chi connectivity index (χ4n) is 3.50. The van der Waals surface area contributed by atoms with E-state index in [2.05, 4.69) is 5.32 Å². The van der Waals surface area contributed by atoms with E-state index in [0.29, 0.717) is 12.2 Å². The predicted octanol–water partition coefficient (Wildman–Crippen LogP) is 4.44. The number of aromatic hydroxyl groups is 1. The number of carbonyl (C=O) groups is 1. The van der Waals surface area contributed by atoms with Gasteiger partial charge in [0.2, 0.25) is 0 Å². The van der Waals surface area contributed by atoms with Gasteiger partial charge in [-0.3, -0.25) is 4.79 Å². The van der Waals surface area contributed by atoms with E-state index in [4.69, 9.17) is 0 Å². The van der Waals surface area contributed by atoms with Crippen molar-refractivity contribution < 1.29 is 18.3 Å². The van der Waals surface area contributed by atoms with Crippen LogP contribution >= 0.6 is 0 Å². The molecule has 0 unspecified atom stereocenters. The Kier molecular flexibility index (Phi) is 5.52. The summed E-state index contributed by atoms with van der Waals surface area (Å²) in [4.78, 5) is 13.2. The van der Waals surface area contributed by atoms with Gasteiger partial charge in [-0.25, -0.2) is 8.42 Å². The number of hydrogen-bond donors (Lipinski definition) is 2. The van der Waals surface area contributed by atoms with Crippen LogP contribution < -0.4 is 5.32 Å². The van der Waals surface area contributed by atoms with Gasteiger partial charge >= 0.3 is 0 Å². The summed E-state index contributed by atoms with van der Waals surface area (Å²) in [6.45, 7) is 2.04. The SMILES string of the molecule is CCS(=O)(=O)c1ccc(O)c(NC(=O)c2cc3ccccc3n2Cc2ccccc2)c1. The molecule has 6 nitrogen and oxygen atoms in total. The summed E-state index contributed by atoms with van der Waals surface area (Å²) in [5.74, 6) is -0.709. The van der Waals surface area contributed by atoms with Crippen molar-refractivity contribution in [2.24, 2.45) is 0 Å². The van der Waals surface area contributed by atoms with Crippen molar-refractivity contribution in [3.05, 3.63) is 90.1 Å². The minimum Gasteiger partial charge on any atom is -0.506 e. The maximum Gasteiger partial charge on any atom is 0.272 e. The van der Waals surface area contributed by atoms with Crippen LogP contribution in [0, 0.1) is 0 Å². The lowest BCUT2D eigenvalue weighted by Gasteiger charge is -2.13. The van der Waals surface area contributed by atoms with Crippen molar-refractivity contribution in [1.82, 2.24) is 4.57 Å². The standard InChI is InChI=1S/C24H22N2O4S/c1-2-31(29,30)19-12-13-23(27)20(15-19)25-24(28)22-14-18-10-6-7-11-21(18)26(22)16-17-8-4-3-5-9-17/h3-15,27H,2,16H2,1H3,(H,25,28). The van der Waals surface area contributed by atoms with Gasteiger partial charge in [0.1, 0.15) is 11.4 Å². The third kappa shape index (κ3) is 4.18. The molecule has 0 radical (unpaired) electrons. The summed E-state index contributed by atoms with van der Waals surface area (Å²) in [6.07, 6.45) is 0. The Hall–Kier alpha value is -3.58. The van der Waals surface area contributed by atoms with E-state index in [1.54, 1.807) is 13.0 Å². The minimum absolute atomic E-state index is 0.0490. The highest BCUT2D eigenvalue weighted by molar-refractivity contribution is 7.91. The topological polar surface area (TPSA) is 88.4 Å². The number of benzene rings is 3. The molecule has 0 aliphatic rings. The molecule has 4 aromatic rings. The van der Waals surface area contributed by atoms with Crippen molar-refractivity contribution >= 4 is 32.3 Å². The first-order valence-electron chi connectivity index (χ1n) is 9.88. The first kappa shape index (κ1) is 20.7. The van der Waals surface area contributed by atoms with Crippen molar-refractivity contribution in [1.29, 1.82) is 0 Å². The largest absolute Gasteiger partial charge is 0.506 e. The lowest BCUT2D eigenvalue weighted by molar-refractivity contribution is 0.101. The molecule has 1 aromatic heterocycles. The molecule has 158 valence electrons. The van der Waals surface area contributed by atoms with Crippen LogP contribution in [-0.2, 0) is 16.4 Å². The lowest BCUT2D eigenvalue weighted by Crippen LogP contribution is -2.18. The number of para-hydroxylation sites is 1. The van der Waals surface area contributed by atoms with Gasteiger partial charge < -0.3 is 15.0 Å². The van der Waals surface area contributed by atoms with Crippen molar-refractivity contribution in [3.8, 4) is 5.75 Å². The number of sulfone groups is 1. The first-order chi connectivity index (χ1) is 14.9. The molecule has 1 amide bonds. The van der Waals surface area contributed by atoms with E-state index in [9.17, 15) is 18.3 Å². The Bertz CT molecular complexity index is 1360. The summed E-state index contributed by atoms with van der Waals surface area (Å²) in [6, 6.07) is 23.2. The molecule has 31 heavy (non-hydrogen) atoms. The normalized spacial score (nSPS) is 11.5. The zero-order chi connectivity index (χ0) is 22.0. The third-order valence-corrected chi connectivity index (χ3v) is 6.91. The quantitative estimate of drug-likeness (QED) is 0.439. The second kappa shape index (κ2) is 8.28. The van der Waals surface area contributed by atoms with Crippen LogP contribution in [0.5, 0.6) is 5.75 Å². The molecule has 0 aliphatic carbocycles. The Morgan fingerprint density at radius 3 is 2.42 bits per heavy atom. The Balaban J connectivity index is 1.73. The van der Waals surface area contributed by atoms with Gasteiger partial charge in [-0.05, 0) is 35.9 Å². The highest BCUT2D eigenvalue weighted by Gasteiger charge is 2.19. The number of amides is 1. The van der Waals surface area contributed by atoms with Gasteiger partial charge in [-0.2, -0.15) is 0 Å². The highest BCUT2D eigenvalue weighted by atomic mass is 32.2. The molecule has 2 N–H and O–H groups in total. The van der Waals surface area contributed by atoms with E-state index < -0.39 is 15.7 Å². The number of phenolic OH excluding ortho intramolecular Hbond substituents is 1. The van der Waals surface area contributed by atoms with Gasteiger partial charge in [0.15, 0.2) is 9.84 Å². The molecule has 0 aliphatic heterocycles. The molecule has 1 heterocycles. The van der Waals surface area contributed by atoms with E-state index >= 15 is 0 Å². The van der Waals surface area contributed by atoms with Gasteiger partial charge in [-0.1, -0.05) is 55.5 Å². The second-order valence-electron chi connectivity index (χ2n) is 7.20. The Morgan fingerprint density at radius 2 is 1.68 bits per heavy atom. The molecule has 0 spiro atoms. The number of aromatic nitrogens is 1. The lowest BCUT2D eigenvalue weighted by atomic mass is 10.2. The number of anilines is 1. The van der Waals surface area contributed by atoms with Crippen LogP contribution in [0.4, 0.5) is 5.69 Å². The number of rotatable bonds is 6. The van der Waals surface area contributed by atoms with Crippen LogP contribution in [0.3, 0.4) is 0 Å². The smallest absolute Gasteiger partial charge is 0.272 e. The van der Waals surface area contributed by atoms with Crippen molar-refractivity contribution in [2.45, 2.75) is 18.4 Å². The van der Waals surface area contributed by atoms with Crippen LogP contribution in [0.1, 0.15) is 23.0 Å². The molecule has 0 fully saturated rings. The molecule has 0 atom stereocenters. The highest BCUT2D eigenvalue weighted by Crippen LogP contribution is 2.28. The van der Waals surface area contributed by atoms with Gasteiger partial charge in [0, 0.05) is 17.4 Å². The van der Waals surface area contributed by atoms with Crippen LogP contribution in [-0.4, -0.2) is 29.8 Å². The van der Waals surface area contributed by atoms with Gasteiger partial charge in [0.25, 0.3) is 5.91 Å². The Morgan fingerprint density at radius 1 is 0.968 bits per heavy atom. The number of hydrogen-bond acceptors (Lipinski definition) is 4. The average Bonchev–Trinajstić information content (AvgIpc) is 3.14. The van der Waals surface area contributed by atoms with Crippen molar-refractivity contribution in [3.63, 3.8) is 0 Å². The second-order valence-corrected chi connectivity index (χ2v) is 9.47. The molecule has 0 saturated heterocycles. The zero-order valence-corrected chi connectivity index (χ0v) is 17.8. The fraction of sp³-hybridized carbons (Fsp3) is 0.125. The minimum atomic E-state index is -3.47. The number of nitrogens with zero attached hydrogens (tertiary/aromatic N) is 1. The summed E-state index contributed by atoms with van der Waals surface area (Å²) >= 11 is 0. The molecule has 0 bridgehead atoms. The Labute approximate surface area is 180 Å². The van der Waals surface area contributed by atoms with E-state index in [-0.39, 0.29) is 22.1 Å². The molecule has 0 saturated carbocycles. The van der Waals surface area contributed by atoms with E-state index in [1.165, 1.54) is 18.2 Å². The average molecular weight is 435 g/mol. The number of fused-ring (bicyclic) bond motifs is 1. The summed E-state index contributed by atoms with van der Waals surface area (Å²) < 4.78 is 26.3.